The highest BCUT2D eigenvalue weighted by molar-refractivity contribution is 5.66. The number of para-hydroxylation sites is 1. The van der Waals surface area contributed by atoms with Crippen LogP contribution in [0.25, 0.3) is 0 Å². The first-order valence-electron chi connectivity index (χ1n) is 5.72. The van der Waals surface area contributed by atoms with Crippen LogP contribution in [0.2, 0.25) is 0 Å². The predicted molar refractivity (Wildman–Crippen MR) is 60.7 cm³/mol. The van der Waals surface area contributed by atoms with E-state index in [9.17, 15) is 4.79 Å². The highest BCUT2D eigenvalue weighted by atomic mass is 16.5. The molecule has 0 aromatic heterocycles. The average molecular weight is 220 g/mol. The predicted octanol–water partition coefficient (Wildman–Crippen LogP) is 2.64. The zero-order valence-corrected chi connectivity index (χ0v) is 9.19. The minimum absolute atomic E-state index is 0.220. The van der Waals surface area contributed by atoms with Crippen LogP contribution in [0.3, 0.4) is 0 Å². The van der Waals surface area contributed by atoms with E-state index in [2.05, 4.69) is 0 Å². The summed E-state index contributed by atoms with van der Waals surface area (Å²) in [5, 5.41) is 8.58. The van der Waals surface area contributed by atoms with E-state index < -0.39 is 5.97 Å². The molecular weight excluding hydrogens is 204 g/mol. The van der Waals surface area contributed by atoms with Crippen molar-refractivity contribution in [3.8, 4) is 5.75 Å². The second-order valence-corrected chi connectivity index (χ2v) is 4.17. The second-order valence-electron chi connectivity index (χ2n) is 4.17. The summed E-state index contributed by atoms with van der Waals surface area (Å²) in [6.07, 6.45) is 4.33. The third kappa shape index (κ3) is 3.26. The van der Waals surface area contributed by atoms with E-state index in [1.807, 2.05) is 24.3 Å². The van der Waals surface area contributed by atoms with E-state index in [1.54, 1.807) is 0 Å². The Bertz CT molecular complexity index is 369. The van der Waals surface area contributed by atoms with Gasteiger partial charge in [-0.05, 0) is 37.3 Å². The van der Waals surface area contributed by atoms with Crippen LogP contribution in [0.15, 0.2) is 24.3 Å². The Morgan fingerprint density at radius 2 is 2.12 bits per heavy atom. The number of ether oxygens (including phenoxy) is 1. The summed E-state index contributed by atoms with van der Waals surface area (Å²) in [6.45, 7) is 0. The maximum atomic E-state index is 10.4. The molecule has 16 heavy (non-hydrogen) atoms. The maximum absolute atomic E-state index is 10.4. The van der Waals surface area contributed by atoms with Crippen molar-refractivity contribution in [2.24, 2.45) is 0 Å². The van der Waals surface area contributed by atoms with Crippen LogP contribution in [-0.4, -0.2) is 17.2 Å². The Labute approximate surface area is 95.0 Å². The molecule has 1 aromatic rings. The van der Waals surface area contributed by atoms with Gasteiger partial charge in [0, 0.05) is 6.42 Å². The van der Waals surface area contributed by atoms with Gasteiger partial charge in [0.15, 0.2) is 0 Å². The van der Waals surface area contributed by atoms with Crippen LogP contribution in [0.5, 0.6) is 5.75 Å². The van der Waals surface area contributed by atoms with Crippen molar-refractivity contribution in [3.63, 3.8) is 0 Å². The molecule has 0 heterocycles. The first kappa shape index (κ1) is 11.0. The Hall–Kier alpha value is -1.51. The molecule has 1 fully saturated rings. The van der Waals surface area contributed by atoms with E-state index >= 15 is 0 Å². The smallest absolute Gasteiger partial charge is 0.303 e. The van der Waals surface area contributed by atoms with Gasteiger partial charge in [-0.3, -0.25) is 4.79 Å². The fourth-order valence-electron chi connectivity index (χ4n) is 1.62. The summed E-state index contributed by atoms with van der Waals surface area (Å²) in [6, 6.07) is 7.91. The Morgan fingerprint density at radius 3 is 2.81 bits per heavy atom. The van der Waals surface area contributed by atoms with Crippen molar-refractivity contribution in [1.82, 2.24) is 0 Å². The van der Waals surface area contributed by atoms with Gasteiger partial charge >= 0.3 is 5.97 Å². The molecule has 1 saturated carbocycles. The molecule has 3 nitrogen and oxygen atoms in total. The van der Waals surface area contributed by atoms with Crippen molar-refractivity contribution in [2.45, 2.75) is 38.2 Å². The molecule has 0 atom stereocenters. The molecule has 1 aliphatic rings. The van der Waals surface area contributed by atoms with Crippen LogP contribution in [0.4, 0.5) is 0 Å². The van der Waals surface area contributed by atoms with Crippen LogP contribution < -0.4 is 4.74 Å². The first-order valence-corrected chi connectivity index (χ1v) is 5.72. The number of rotatable bonds is 6. The average Bonchev–Trinajstić information content (AvgIpc) is 3.04. The van der Waals surface area contributed by atoms with Crippen LogP contribution in [0.1, 0.15) is 31.2 Å². The standard InChI is InChI=1S/C13H16O3/c14-13(15)7-3-5-10-4-1-2-6-12(10)16-11-8-9-11/h1-2,4,6,11H,3,5,7-9H2,(H,14,15). The summed E-state index contributed by atoms with van der Waals surface area (Å²) in [4.78, 5) is 10.4. The number of hydrogen-bond donors (Lipinski definition) is 1. The van der Waals surface area contributed by atoms with Gasteiger partial charge in [-0.25, -0.2) is 0 Å². The number of carboxylic acid groups (broad SMARTS) is 1. The fourth-order valence-corrected chi connectivity index (χ4v) is 1.62. The topological polar surface area (TPSA) is 46.5 Å². The van der Waals surface area contributed by atoms with E-state index in [0.717, 1.165) is 30.6 Å². The van der Waals surface area contributed by atoms with Crippen molar-refractivity contribution in [1.29, 1.82) is 0 Å². The lowest BCUT2D eigenvalue weighted by molar-refractivity contribution is -0.137. The number of carboxylic acids is 1. The van der Waals surface area contributed by atoms with E-state index in [4.69, 9.17) is 9.84 Å². The SMILES string of the molecule is O=C(O)CCCc1ccccc1OC1CC1. The fraction of sp³-hybridized carbons (Fsp3) is 0.462. The van der Waals surface area contributed by atoms with Gasteiger partial charge < -0.3 is 9.84 Å². The van der Waals surface area contributed by atoms with Crippen molar-refractivity contribution < 1.29 is 14.6 Å². The molecule has 0 radical (unpaired) electrons. The summed E-state index contributed by atoms with van der Waals surface area (Å²) < 4.78 is 5.77. The largest absolute Gasteiger partial charge is 0.490 e. The van der Waals surface area contributed by atoms with Crippen molar-refractivity contribution >= 4 is 5.97 Å². The number of aliphatic carboxylic acids is 1. The molecule has 3 heteroatoms. The Balaban J connectivity index is 1.92. The lowest BCUT2D eigenvalue weighted by atomic mass is 10.1. The number of carbonyl (C=O) groups is 1. The summed E-state index contributed by atoms with van der Waals surface area (Å²) in [7, 11) is 0. The second kappa shape index (κ2) is 5.01. The molecule has 0 unspecified atom stereocenters. The molecule has 0 saturated heterocycles. The van der Waals surface area contributed by atoms with Gasteiger partial charge in [0.2, 0.25) is 0 Å². The highest BCUT2D eigenvalue weighted by Gasteiger charge is 2.24. The van der Waals surface area contributed by atoms with Crippen LogP contribution in [-0.2, 0) is 11.2 Å². The summed E-state index contributed by atoms with van der Waals surface area (Å²) in [5.74, 6) is 0.191. The molecule has 2 rings (SSSR count). The van der Waals surface area contributed by atoms with E-state index in [0.29, 0.717) is 12.5 Å². The molecular formula is C13H16O3. The zero-order valence-electron chi connectivity index (χ0n) is 9.19. The summed E-state index contributed by atoms with van der Waals surface area (Å²) >= 11 is 0. The van der Waals surface area contributed by atoms with Gasteiger partial charge in [-0.2, -0.15) is 0 Å². The third-order valence-electron chi connectivity index (χ3n) is 2.63. The lowest BCUT2D eigenvalue weighted by Crippen LogP contribution is -2.01. The molecule has 0 bridgehead atoms. The first-order chi connectivity index (χ1) is 7.75. The Kier molecular flexibility index (Phi) is 3.44. The number of aryl methyl sites for hydroxylation is 1. The monoisotopic (exact) mass is 220 g/mol. The van der Waals surface area contributed by atoms with Gasteiger partial charge in [-0.15, -0.1) is 0 Å². The van der Waals surface area contributed by atoms with Crippen LogP contribution >= 0.6 is 0 Å². The van der Waals surface area contributed by atoms with Gasteiger partial charge in [0.25, 0.3) is 0 Å². The third-order valence-corrected chi connectivity index (χ3v) is 2.63. The quantitative estimate of drug-likeness (QED) is 0.801. The minimum atomic E-state index is -0.736. The van der Waals surface area contributed by atoms with Crippen molar-refractivity contribution in [2.75, 3.05) is 0 Å². The van der Waals surface area contributed by atoms with Crippen LogP contribution in [0, 0.1) is 0 Å². The van der Waals surface area contributed by atoms with E-state index in [1.165, 1.54) is 0 Å². The molecule has 0 spiro atoms. The molecule has 1 aromatic carbocycles. The van der Waals surface area contributed by atoms with Gasteiger partial charge in [0.1, 0.15) is 5.75 Å². The van der Waals surface area contributed by atoms with Gasteiger partial charge in [-0.1, -0.05) is 18.2 Å². The van der Waals surface area contributed by atoms with E-state index in [-0.39, 0.29) is 6.42 Å². The molecule has 1 N–H and O–H groups in total. The lowest BCUT2D eigenvalue weighted by Gasteiger charge is -2.09. The normalized spacial score (nSPS) is 14.8. The minimum Gasteiger partial charge on any atom is -0.490 e. The maximum Gasteiger partial charge on any atom is 0.303 e. The number of benzene rings is 1. The molecule has 0 aliphatic heterocycles. The molecule has 86 valence electrons. The van der Waals surface area contributed by atoms with Crippen molar-refractivity contribution in [3.05, 3.63) is 29.8 Å². The Morgan fingerprint density at radius 1 is 1.38 bits per heavy atom. The van der Waals surface area contributed by atoms with Gasteiger partial charge in [0.05, 0.1) is 6.10 Å². The molecule has 0 amide bonds. The molecule has 1 aliphatic carbocycles. The zero-order chi connectivity index (χ0) is 11.4. The number of hydrogen-bond acceptors (Lipinski definition) is 2. The summed E-state index contributed by atoms with van der Waals surface area (Å²) in [5.41, 5.74) is 1.12. The highest BCUT2D eigenvalue weighted by Crippen LogP contribution is 2.29.